The minimum Gasteiger partial charge on any atom is -0.385 e. The second kappa shape index (κ2) is 5.58. The standard InChI is InChI=1S/C12H16N2O4S/c15-12-7-9-3-4-10(8-11(9)14-12)13-5-1-2-6-19(16,17)18/h3-4,8,13H,1-2,5-7H2,(H,14,15)(H,16,17,18). The Hall–Kier alpha value is -1.60. The normalized spacial score (nSPS) is 14.1. The van der Waals surface area contributed by atoms with Gasteiger partial charge in [0.2, 0.25) is 5.91 Å². The van der Waals surface area contributed by atoms with E-state index in [1.54, 1.807) is 0 Å². The molecule has 0 atom stereocenters. The Kier molecular flexibility index (Phi) is 4.06. The Bertz CT molecular complexity index is 583. The lowest BCUT2D eigenvalue weighted by Crippen LogP contribution is -2.07. The Balaban J connectivity index is 1.78. The summed E-state index contributed by atoms with van der Waals surface area (Å²) in [6.45, 7) is 0.613. The average Bonchev–Trinajstić information content (AvgIpc) is 2.66. The maximum Gasteiger partial charge on any atom is 0.264 e. The summed E-state index contributed by atoms with van der Waals surface area (Å²) < 4.78 is 29.6. The number of hydrogen-bond donors (Lipinski definition) is 3. The molecule has 2 rings (SSSR count). The van der Waals surface area contributed by atoms with E-state index in [2.05, 4.69) is 10.6 Å². The lowest BCUT2D eigenvalue weighted by Gasteiger charge is -2.07. The van der Waals surface area contributed by atoms with E-state index in [1.165, 1.54) is 0 Å². The smallest absolute Gasteiger partial charge is 0.264 e. The second-order valence-corrected chi connectivity index (χ2v) is 6.09. The van der Waals surface area contributed by atoms with Gasteiger partial charge in [-0.1, -0.05) is 6.07 Å². The van der Waals surface area contributed by atoms with Crippen LogP contribution in [0.5, 0.6) is 0 Å². The molecule has 1 heterocycles. The van der Waals surface area contributed by atoms with Crippen molar-refractivity contribution in [3.8, 4) is 0 Å². The zero-order valence-corrected chi connectivity index (χ0v) is 11.2. The summed E-state index contributed by atoms with van der Waals surface area (Å²) in [5.74, 6) is -0.213. The zero-order chi connectivity index (χ0) is 13.9. The molecule has 0 saturated carbocycles. The Morgan fingerprint density at radius 3 is 2.84 bits per heavy atom. The van der Waals surface area contributed by atoms with Crippen LogP contribution in [-0.4, -0.2) is 31.2 Å². The Morgan fingerprint density at radius 2 is 2.11 bits per heavy atom. The molecule has 1 aliphatic rings. The lowest BCUT2D eigenvalue weighted by molar-refractivity contribution is -0.115. The first-order valence-electron chi connectivity index (χ1n) is 6.06. The summed E-state index contributed by atoms with van der Waals surface area (Å²) in [7, 11) is -3.86. The van der Waals surface area contributed by atoms with Gasteiger partial charge < -0.3 is 10.6 Å². The zero-order valence-electron chi connectivity index (χ0n) is 10.3. The predicted octanol–water partition coefficient (Wildman–Crippen LogP) is 1.26. The van der Waals surface area contributed by atoms with E-state index in [9.17, 15) is 13.2 Å². The molecule has 0 unspecified atom stereocenters. The van der Waals surface area contributed by atoms with E-state index >= 15 is 0 Å². The van der Waals surface area contributed by atoms with E-state index < -0.39 is 10.1 Å². The van der Waals surface area contributed by atoms with Crippen LogP contribution in [0.2, 0.25) is 0 Å². The summed E-state index contributed by atoms with van der Waals surface area (Å²) >= 11 is 0. The molecule has 104 valence electrons. The van der Waals surface area contributed by atoms with Crippen LogP contribution in [0.4, 0.5) is 11.4 Å². The van der Waals surface area contributed by atoms with Gasteiger partial charge in [-0.25, -0.2) is 0 Å². The third-order valence-corrected chi connectivity index (χ3v) is 3.70. The van der Waals surface area contributed by atoms with Crippen molar-refractivity contribution in [1.82, 2.24) is 0 Å². The van der Waals surface area contributed by atoms with Gasteiger partial charge in [-0.15, -0.1) is 0 Å². The number of hydrogen-bond acceptors (Lipinski definition) is 4. The van der Waals surface area contributed by atoms with Crippen LogP contribution < -0.4 is 10.6 Å². The fourth-order valence-corrected chi connectivity index (χ4v) is 2.54. The summed E-state index contributed by atoms with van der Waals surface area (Å²) in [4.78, 5) is 11.2. The first kappa shape index (κ1) is 13.8. The first-order chi connectivity index (χ1) is 8.94. The molecule has 0 saturated heterocycles. The highest BCUT2D eigenvalue weighted by Crippen LogP contribution is 2.26. The highest BCUT2D eigenvalue weighted by molar-refractivity contribution is 7.85. The number of benzene rings is 1. The molecule has 0 aliphatic carbocycles. The second-order valence-electron chi connectivity index (χ2n) is 4.52. The van der Waals surface area contributed by atoms with Gasteiger partial charge in [0.25, 0.3) is 10.1 Å². The third-order valence-electron chi connectivity index (χ3n) is 2.89. The molecule has 1 aromatic carbocycles. The maximum atomic E-state index is 11.2. The quantitative estimate of drug-likeness (QED) is 0.540. The van der Waals surface area contributed by atoms with Crippen molar-refractivity contribution in [2.24, 2.45) is 0 Å². The van der Waals surface area contributed by atoms with Gasteiger partial charge in [0.1, 0.15) is 0 Å². The molecule has 1 aliphatic heterocycles. The van der Waals surface area contributed by atoms with Gasteiger partial charge >= 0.3 is 0 Å². The number of carbonyl (C=O) groups is 1. The molecule has 1 aromatic rings. The maximum absolute atomic E-state index is 11.2. The molecule has 0 spiro atoms. The molecule has 7 heteroatoms. The van der Waals surface area contributed by atoms with Gasteiger partial charge in [0.15, 0.2) is 0 Å². The van der Waals surface area contributed by atoms with E-state index in [0.29, 0.717) is 25.8 Å². The van der Waals surface area contributed by atoms with Gasteiger partial charge in [-0.05, 0) is 30.5 Å². The first-order valence-corrected chi connectivity index (χ1v) is 7.67. The van der Waals surface area contributed by atoms with Crippen molar-refractivity contribution >= 4 is 27.4 Å². The summed E-state index contributed by atoms with van der Waals surface area (Å²) in [5, 5.41) is 5.92. The predicted molar refractivity (Wildman–Crippen MR) is 72.9 cm³/mol. The molecule has 0 aromatic heterocycles. The van der Waals surface area contributed by atoms with Crippen LogP contribution >= 0.6 is 0 Å². The molecular formula is C12H16N2O4S. The van der Waals surface area contributed by atoms with Crippen LogP contribution in [-0.2, 0) is 21.3 Å². The van der Waals surface area contributed by atoms with Crippen molar-refractivity contribution in [3.63, 3.8) is 0 Å². The van der Waals surface area contributed by atoms with Crippen LogP contribution in [0.25, 0.3) is 0 Å². The van der Waals surface area contributed by atoms with E-state index in [1.807, 2.05) is 18.2 Å². The number of fused-ring (bicyclic) bond motifs is 1. The summed E-state index contributed by atoms with van der Waals surface area (Å²) in [5.41, 5.74) is 2.70. The highest BCUT2D eigenvalue weighted by atomic mass is 32.2. The van der Waals surface area contributed by atoms with Crippen molar-refractivity contribution in [2.75, 3.05) is 22.9 Å². The van der Waals surface area contributed by atoms with Crippen molar-refractivity contribution in [1.29, 1.82) is 0 Å². The van der Waals surface area contributed by atoms with E-state index in [0.717, 1.165) is 16.9 Å². The number of rotatable bonds is 6. The number of carbonyl (C=O) groups excluding carboxylic acids is 1. The van der Waals surface area contributed by atoms with E-state index in [-0.39, 0.29) is 11.7 Å². The molecule has 6 nitrogen and oxygen atoms in total. The molecule has 19 heavy (non-hydrogen) atoms. The SMILES string of the molecule is O=C1Cc2ccc(NCCCCS(=O)(=O)O)cc2N1. The van der Waals surface area contributed by atoms with Crippen LogP contribution in [0.1, 0.15) is 18.4 Å². The average molecular weight is 284 g/mol. The molecule has 0 fully saturated rings. The minimum atomic E-state index is -3.86. The Morgan fingerprint density at radius 1 is 1.32 bits per heavy atom. The molecule has 0 bridgehead atoms. The lowest BCUT2D eigenvalue weighted by atomic mass is 10.1. The fraction of sp³-hybridized carbons (Fsp3) is 0.417. The van der Waals surface area contributed by atoms with Crippen molar-refractivity contribution < 1.29 is 17.8 Å². The number of nitrogens with one attached hydrogen (secondary N) is 2. The highest BCUT2D eigenvalue weighted by Gasteiger charge is 2.17. The summed E-state index contributed by atoms with van der Waals surface area (Å²) in [6.07, 6.45) is 1.47. The van der Waals surface area contributed by atoms with Gasteiger partial charge in [0.05, 0.1) is 12.2 Å². The van der Waals surface area contributed by atoms with E-state index in [4.69, 9.17) is 4.55 Å². The fourth-order valence-electron chi connectivity index (χ4n) is 1.97. The third kappa shape index (κ3) is 4.22. The number of unbranched alkanes of at least 4 members (excludes halogenated alkanes) is 1. The summed E-state index contributed by atoms with van der Waals surface area (Å²) in [6, 6.07) is 5.65. The van der Waals surface area contributed by atoms with Crippen molar-refractivity contribution in [2.45, 2.75) is 19.3 Å². The monoisotopic (exact) mass is 284 g/mol. The number of anilines is 2. The molecule has 1 amide bonds. The van der Waals surface area contributed by atoms with Gasteiger partial charge in [-0.3, -0.25) is 9.35 Å². The minimum absolute atomic E-state index is 0.000280. The Labute approximate surface area is 112 Å². The molecule has 0 radical (unpaired) electrons. The van der Waals surface area contributed by atoms with Gasteiger partial charge in [0, 0.05) is 17.9 Å². The van der Waals surface area contributed by atoms with Crippen LogP contribution in [0, 0.1) is 0 Å². The molecular weight excluding hydrogens is 268 g/mol. The van der Waals surface area contributed by atoms with Crippen LogP contribution in [0.15, 0.2) is 18.2 Å². The van der Waals surface area contributed by atoms with Gasteiger partial charge in [-0.2, -0.15) is 8.42 Å². The molecule has 3 N–H and O–H groups in total. The van der Waals surface area contributed by atoms with Crippen LogP contribution in [0.3, 0.4) is 0 Å². The van der Waals surface area contributed by atoms with Crippen molar-refractivity contribution in [3.05, 3.63) is 23.8 Å². The topological polar surface area (TPSA) is 95.5 Å². The number of amides is 1. The largest absolute Gasteiger partial charge is 0.385 e.